The molecule has 1 amide bonds. The van der Waals surface area contributed by atoms with Crippen molar-refractivity contribution in [2.45, 2.75) is 25.9 Å². The molecular formula is C19H22N6O2S. The molecule has 0 bridgehead atoms. The van der Waals surface area contributed by atoms with Gasteiger partial charge in [0.15, 0.2) is 0 Å². The summed E-state index contributed by atoms with van der Waals surface area (Å²) >= 11 is 1.54. The second kappa shape index (κ2) is 8.26. The quantitative estimate of drug-likeness (QED) is 0.706. The van der Waals surface area contributed by atoms with Crippen LogP contribution in [0.2, 0.25) is 0 Å². The van der Waals surface area contributed by atoms with E-state index in [1.807, 2.05) is 25.1 Å². The number of hydrogen-bond donors (Lipinski definition) is 1. The Bertz CT molecular complexity index is 983. The van der Waals surface area contributed by atoms with Crippen molar-refractivity contribution in [2.24, 2.45) is 0 Å². The lowest BCUT2D eigenvalue weighted by Crippen LogP contribution is -2.41. The van der Waals surface area contributed by atoms with Crippen molar-refractivity contribution in [3.63, 3.8) is 0 Å². The minimum Gasteiger partial charge on any atom is -0.381 e. The summed E-state index contributed by atoms with van der Waals surface area (Å²) in [5, 5.41) is 13.7. The molecule has 1 N–H and O–H groups in total. The number of nitrogens with one attached hydrogen (secondary N) is 1. The monoisotopic (exact) mass is 398 g/mol. The lowest BCUT2D eigenvalue weighted by molar-refractivity contribution is -0.118. The molecule has 1 aromatic carbocycles. The van der Waals surface area contributed by atoms with Gasteiger partial charge >= 0.3 is 0 Å². The van der Waals surface area contributed by atoms with Crippen LogP contribution in [0.4, 0.5) is 5.95 Å². The maximum atomic E-state index is 12.4. The van der Waals surface area contributed by atoms with Crippen molar-refractivity contribution in [1.82, 2.24) is 25.1 Å². The summed E-state index contributed by atoms with van der Waals surface area (Å²) in [4.78, 5) is 23.3. The van der Waals surface area contributed by atoms with Crippen LogP contribution in [0.15, 0.2) is 24.4 Å². The zero-order valence-electron chi connectivity index (χ0n) is 15.9. The third-order valence-electron chi connectivity index (χ3n) is 4.84. The summed E-state index contributed by atoms with van der Waals surface area (Å²) in [5.41, 5.74) is 1.71. The van der Waals surface area contributed by atoms with Gasteiger partial charge in [-0.3, -0.25) is 15.0 Å². The van der Waals surface area contributed by atoms with Crippen molar-refractivity contribution in [2.75, 3.05) is 32.1 Å². The molecule has 1 fully saturated rings. The summed E-state index contributed by atoms with van der Waals surface area (Å²) < 4.78 is 5.37. The molecule has 146 valence electrons. The Labute approximate surface area is 167 Å². The minimum atomic E-state index is -0.105. The number of carbonyl (C=O) groups is 1. The Morgan fingerprint density at radius 3 is 2.86 bits per heavy atom. The van der Waals surface area contributed by atoms with E-state index in [9.17, 15) is 4.79 Å². The van der Waals surface area contributed by atoms with E-state index < -0.39 is 0 Å². The molecule has 0 saturated carbocycles. The average molecular weight is 398 g/mol. The van der Waals surface area contributed by atoms with Crippen molar-refractivity contribution in [1.29, 1.82) is 0 Å². The summed E-state index contributed by atoms with van der Waals surface area (Å²) in [7, 11) is 1.74. The van der Waals surface area contributed by atoms with Crippen LogP contribution in [0.3, 0.4) is 0 Å². The number of aromatic nitrogens is 4. The van der Waals surface area contributed by atoms with E-state index in [0.29, 0.717) is 18.6 Å². The highest BCUT2D eigenvalue weighted by atomic mass is 32.1. The fraction of sp³-hybridized carbons (Fsp3) is 0.421. The van der Waals surface area contributed by atoms with E-state index in [4.69, 9.17) is 4.74 Å². The smallest absolute Gasteiger partial charge is 0.240 e. The normalized spacial score (nSPS) is 15.8. The molecule has 8 nitrogen and oxygen atoms in total. The first-order valence-electron chi connectivity index (χ1n) is 9.23. The number of benzene rings is 1. The first kappa shape index (κ1) is 18.9. The highest BCUT2D eigenvalue weighted by Crippen LogP contribution is 2.26. The second-order valence-electron chi connectivity index (χ2n) is 6.85. The van der Waals surface area contributed by atoms with Gasteiger partial charge < -0.3 is 4.74 Å². The van der Waals surface area contributed by atoms with Crippen molar-refractivity contribution < 1.29 is 9.53 Å². The zero-order chi connectivity index (χ0) is 19.5. The number of aryl methyl sites for hydroxylation is 1. The van der Waals surface area contributed by atoms with Crippen LogP contribution < -0.4 is 5.32 Å². The number of nitrogens with zero attached hydrogens (tertiary/aromatic N) is 5. The van der Waals surface area contributed by atoms with Gasteiger partial charge in [-0.2, -0.15) is 0 Å². The highest BCUT2D eigenvalue weighted by molar-refractivity contribution is 7.14. The molecule has 4 rings (SSSR count). The lowest BCUT2D eigenvalue weighted by atomic mass is 10.1. The maximum absolute atomic E-state index is 12.4. The van der Waals surface area contributed by atoms with Gasteiger partial charge in [-0.05, 0) is 25.8 Å². The van der Waals surface area contributed by atoms with Crippen LogP contribution in [-0.4, -0.2) is 63.8 Å². The second-order valence-corrected chi connectivity index (χ2v) is 8.03. The van der Waals surface area contributed by atoms with E-state index in [1.54, 1.807) is 13.3 Å². The summed E-state index contributed by atoms with van der Waals surface area (Å²) in [6, 6.07) is 5.88. The molecule has 1 aliphatic heterocycles. The van der Waals surface area contributed by atoms with Crippen LogP contribution in [0.5, 0.6) is 0 Å². The molecule has 0 spiro atoms. The maximum Gasteiger partial charge on any atom is 0.240 e. The number of ether oxygens (including phenoxy) is 1. The number of rotatable bonds is 5. The predicted octanol–water partition coefficient (Wildman–Crippen LogP) is 2.51. The molecule has 3 heterocycles. The number of likely N-dealkylation sites (tertiary alicyclic amines) is 1. The van der Waals surface area contributed by atoms with Crippen LogP contribution in [0, 0.1) is 6.92 Å². The van der Waals surface area contributed by atoms with Gasteiger partial charge in [-0.1, -0.05) is 23.5 Å². The Kier molecular flexibility index (Phi) is 5.56. The number of methoxy groups -OCH3 is 1. The Balaban J connectivity index is 1.44. The fourth-order valence-electron chi connectivity index (χ4n) is 3.30. The van der Waals surface area contributed by atoms with Gasteiger partial charge in [0.2, 0.25) is 11.9 Å². The van der Waals surface area contributed by atoms with E-state index in [0.717, 1.165) is 52.4 Å². The molecule has 9 heteroatoms. The first-order valence-corrected chi connectivity index (χ1v) is 10.0. The lowest BCUT2D eigenvalue weighted by Gasteiger charge is -2.30. The topological polar surface area (TPSA) is 93.1 Å². The summed E-state index contributed by atoms with van der Waals surface area (Å²) in [6.07, 6.45) is 3.92. The predicted molar refractivity (Wildman–Crippen MR) is 108 cm³/mol. The molecule has 0 unspecified atom stereocenters. The van der Waals surface area contributed by atoms with Crippen LogP contribution in [0.25, 0.3) is 21.5 Å². The molecule has 0 aliphatic carbocycles. The van der Waals surface area contributed by atoms with Crippen molar-refractivity contribution >= 4 is 34.1 Å². The molecule has 28 heavy (non-hydrogen) atoms. The van der Waals surface area contributed by atoms with Gasteiger partial charge in [-0.15, -0.1) is 10.2 Å². The highest BCUT2D eigenvalue weighted by Gasteiger charge is 2.20. The van der Waals surface area contributed by atoms with E-state index >= 15 is 0 Å². The van der Waals surface area contributed by atoms with Crippen molar-refractivity contribution in [3.8, 4) is 10.6 Å². The third kappa shape index (κ3) is 4.32. The number of piperidine rings is 1. The fourth-order valence-corrected chi connectivity index (χ4v) is 3.99. The molecule has 2 aromatic heterocycles. The van der Waals surface area contributed by atoms with Crippen LogP contribution in [-0.2, 0) is 9.53 Å². The first-order chi connectivity index (χ1) is 13.6. The van der Waals surface area contributed by atoms with E-state index in [2.05, 4.69) is 30.4 Å². The number of fused-ring (bicyclic) bond motifs is 1. The van der Waals surface area contributed by atoms with E-state index in [1.165, 1.54) is 11.3 Å². The zero-order valence-corrected chi connectivity index (χ0v) is 16.7. The molecule has 1 aliphatic rings. The average Bonchev–Trinajstić information content (AvgIpc) is 3.14. The van der Waals surface area contributed by atoms with Gasteiger partial charge in [-0.25, -0.2) is 9.97 Å². The summed E-state index contributed by atoms with van der Waals surface area (Å²) in [6.45, 7) is 3.97. The Hall–Kier alpha value is -2.49. The molecular weight excluding hydrogens is 376 g/mol. The standard InChI is InChI=1S/C19H22N6O2S/c1-12-23-24-18(28-12)13-3-4-14-10-20-19(21-16(14)9-13)22-17(26)11-25-7-5-15(27-2)6-8-25/h3-4,9-10,15H,5-8,11H2,1-2H3,(H,20,21,22,26). The molecule has 0 radical (unpaired) electrons. The Morgan fingerprint density at radius 2 is 2.14 bits per heavy atom. The Morgan fingerprint density at radius 1 is 1.32 bits per heavy atom. The summed E-state index contributed by atoms with van der Waals surface area (Å²) in [5.74, 6) is 0.209. The molecule has 3 aromatic rings. The molecule has 1 saturated heterocycles. The number of hydrogen-bond acceptors (Lipinski definition) is 8. The number of carbonyl (C=O) groups excluding carboxylic acids is 1. The van der Waals surface area contributed by atoms with E-state index in [-0.39, 0.29) is 5.91 Å². The van der Waals surface area contributed by atoms with Gasteiger partial charge in [0, 0.05) is 37.3 Å². The van der Waals surface area contributed by atoms with Crippen LogP contribution >= 0.6 is 11.3 Å². The van der Waals surface area contributed by atoms with Gasteiger partial charge in [0.25, 0.3) is 0 Å². The number of anilines is 1. The molecule has 0 atom stereocenters. The largest absolute Gasteiger partial charge is 0.381 e. The van der Waals surface area contributed by atoms with Crippen molar-refractivity contribution in [3.05, 3.63) is 29.4 Å². The minimum absolute atomic E-state index is 0.105. The van der Waals surface area contributed by atoms with Gasteiger partial charge in [0.1, 0.15) is 10.0 Å². The number of amides is 1. The third-order valence-corrected chi connectivity index (χ3v) is 5.73. The van der Waals surface area contributed by atoms with Crippen LogP contribution in [0.1, 0.15) is 17.8 Å². The van der Waals surface area contributed by atoms with Gasteiger partial charge in [0.05, 0.1) is 18.2 Å². The SMILES string of the molecule is COC1CCN(CC(=O)Nc2ncc3ccc(-c4nnc(C)s4)cc3n2)CC1.